The van der Waals surface area contributed by atoms with Crippen molar-refractivity contribution in [3.05, 3.63) is 100 Å². The lowest BCUT2D eigenvalue weighted by molar-refractivity contribution is -0.117. The zero-order chi connectivity index (χ0) is 19.4. The summed E-state index contributed by atoms with van der Waals surface area (Å²) in [7, 11) is 0. The molecule has 3 nitrogen and oxygen atoms in total. The number of nitrogens with one attached hydrogen (secondary N) is 1. The van der Waals surface area contributed by atoms with Gasteiger partial charge in [-0.15, -0.1) is 0 Å². The minimum atomic E-state index is -0.409. The molecule has 136 valence electrons. The Balaban J connectivity index is 1.78. The van der Waals surface area contributed by atoms with Crippen LogP contribution in [0, 0.1) is 6.92 Å². The second-order valence-corrected chi connectivity index (χ2v) is 6.90. The van der Waals surface area contributed by atoms with Crippen LogP contribution in [0.1, 0.15) is 39.9 Å². The fraction of sp³-hybridized carbons (Fsp3) is 0.130. The fourth-order valence-corrected chi connectivity index (χ4v) is 2.96. The van der Waals surface area contributed by atoms with Crippen LogP contribution in [0.15, 0.2) is 72.8 Å². The standard InChI is InChI=1S/C23H20ClNO2/c1-15-11-12-20(14-21(15)24)25-23(27)16(2)18-9-6-10-19(13-18)22(26)17-7-4-3-5-8-17/h3-14,16H,1-2H3,(H,25,27)/t16-/m1/s1. The van der Waals surface area contributed by atoms with E-state index in [2.05, 4.69) is 5.32 Å². The Hall–Kier alpha value is -2.91. The molecular formula is C23H20ClNO2. The van der Waals surface area contributed by atoms with Gasteiger partial charge in [0.1, 0.15) is 0 Å². The van der Waals surface area contributed by atoms with Crippen LogP contribution in [0.3, 0.4) is 0 Å². The number of amides is 1. The maximum atomic E-state index is 12.6. The van der Waals surface area contributed by atoms with Crippen molar-refractivity contribution in [2.75, 3.05) is 5.32 Å². The second-order valence-electron chi connectivity index (χ2n) is 6.50. The van der Waals surface area contributed by atoms with Crippen molar-refractivity contribution in [2.24, 2.45) is 0 Å². The van der Waals surface area contributed by atoms with E-state index in [-0.39, 0.29) is 11.7 Å². The molecule has 0 radical (unpaired) electrons. The smallest absolute Gasteiger partial charge is 0.231 e. The normalized spacial score (nSPS) is 11.7. The van der Waals surface area contributed by atoms with E-state index in [1.807, 2.05) is 50.2 Å². The molecule has 27 heavy (non-hydrogen) atoms. The van der Waals surface area contributed by atoms with E-state index in [1.54, 1.807) is 36.4 Å². The van der Waals surface area contributed by atoms with Crippen LogP contribution < -0.4 is 5.32 Å². The second kappa shape index (κ2) is 8.19. The van der Waals surface area contributed by atoms with Crippen molar-refractivity contribution in [2.45, 2.75) is 19.8 Å². The molecule has 1 atom stereocenters. The van der Waals surface area contributed by atoms with Crippen LogP contribution >= 0.6 is 11.6 Å². The Bertz CT molecular complexity index is 983. The van der Waals surface area contributed by atoms with Gasteiger partial charge in [-0.05, 0) is 43.2 Å². The molecule has 0 aliphatic rings. The lowest BCUT2D eigenvalue weighted by atomic mass is 9.95. The fourth-order valence-electron chi connectivity index (χ4n) is 2.78. The molecule has 0 saturated heterocycles. The van der Waals surface area contributed by atoms with Gasteiger partial charge in [-0.1, -0.05) is 66.2 Å². The summed E-state index contributed by atoms with van der Waals surface area (Å²) in [6.07, 6.45) is 0. The SMILES string of the molecule is Cc1ccc(NC(=O)[C@H](C)c2cccc(C(=O)c3ccccc3)c2)cc1Cl. The van der Waals surface area contributed by atoms with E-state index in [0.29, 0.717) is 21.8 Å². The summed E-state index contributed by atoms with van der Waals surface area (Å²) in [5.74, 6) is -0.622. The molecule has 0 heterocycles. The molecule has 0 saturated carbocycles. The first-order chi connectivity index (χ1) is 13.0. The number of hydrogen-bond acceptors (Lipinski definition) is 2. The first-order valence-electron chi connectivity index (χ1n) is 8.72. The highest BCUT2D eigenvalue weighted by Crippen LogP contribution is 2.23. The average molecular weight is 378 g/mol. The number of ketones is 1. The van der Waals surface area contributed by atoms with Crippen molar-refractivity contribution >= 4 is 29.0 Å². The molecule has 0 bridgehead atoms. The maximum Gasteiger partial charge on any atom is 0.231 e. The highest BCUT2D eigenvalue weighted by Gasteiger charge is 2.18. The molecule has 0 aromatic heterocycles. The van der Waals surface area contributed by atoms with E-state index < -0.39 is 5.92 Å². The van der Waals surface area contributed by atoms with Crippen LogP contribution in [-0.2, 0) is 4.79 Å². The van der Waals surface area contributed by atoms with E-state index in [0.717, 1.165) is 11.1 Å². The molecule has 0 aliphatic carbocycles. The zero-order valence-corrected chi connectivity index (χ0v) is 16.0. The molecule has 3 rings (SSSR count). The molecule has 3 aromatic rings. The first-order valence-corrected chi connectivity index (χ1v) is 9.10. The van der Waals surface area contributed by atoms with Gasteiger partial charge in [-0.25, -0.2) is 0 Å². The highest BCUT2D eigenvalue weighted by atomic mass is 35.5. The highest BCUT2D eigenvalue weighted by molar-refractivity contribution is 6.31. The monoisotopic (exact) mass is 377 g/mol. The number of rotatable bonds is 5. The van der Waals surface area contributed by atoms with Crippen LogP contribution in [0.4, 0.5) is 5.69 Å². The van der Waals surface area contributed by atoms with Crippen molar-refractivity contribution in [3.63, 3.8) is 0 Å². The summed E-state index contributed by atoms with van der Waals surface area (Å²) >= 11 is 6.12. The van der Waals surface area contributed by atoms with E-state index in [1.165, 1.54) is 0 Å². The van der Waals surface area contributed by atoms with Gasteiger partial charge >= 0.3 is 0 Å². The van der Waals surface area contributed by atoms with Gasteiger partial charge in [0.05, 0.1) is 5.92 Å². The van der Waals surface area contributed by atoms with Crippen molar-refractivity contribution in [1.29, 1.82) is 0 Å². The summed E-state index contributed by atoms with van der Waals surface area (Å²) in [4.78, 5) is 25.3. The molecule has 1 N–H and O–H groups in total. The third-order valence-electron chi connectivity index (χ3n) is 4.52. The molecule has 1 amide bonds. The predicted octanol–water partition coefficient (Wildman–Crippen LogP) is 5.62. The minimum Gasteiger partial charge on any atom is -0.326 e. The third-order valence-corrected chi connectivity index (χ3v) is 4.92. The van der Waals surface area contributed by atoms with Crippen LogP contribution in [-0.4, -0.2) is 11.7 Å². The van der Waals surface area contributed by atoms with Crippen LogP contribution in [0.25, 0.3) is 0 Å². The number of anilines is 1. The van der Waals surface area contributed by atoms with Gasteiger partial charge in [0.25, 0.3) is 0 Å². The summed E-state index contributed by atoms with van der Waals surface area (Å²) in [5, 5.41) is 3.49. The number of benzene rings is 3. The molecular weight excluding hydrogens is 358 g/mol. The van der Waals surface area contributed by atoms with Gasteiger partial charge in [0.15, 0.2) is 5.78 Å². The van der Waals surface area contributed by atoms with Crippen LogP contribution in [0.5, 0.6) is 0 Å². The number of halogens is 1. The van der Waals surface area contributed by atoms with Crippen molar-refractivity contribution in [1.82, 2.24) is 0 Å². The minimum absolute atomic E-state index is 0.0598. The summed E-state index contributed by atoms with van der Waals surface area (Å²) < 4.78 is 0. The van der Waals surface area contributed by atoms with Gasteiger partial charge in [0.2, 0.25) is 5.91 Å². The maximum absolute atomic E-state index is 12.6. The Morgan fingerprint density at radius 2 is 1.59 bits per heavy atom. The van der Waals surface area contributed by atoms with Crippen molar-refractivity contribution in [3.8, 4) is 0 Å². The molecule has 0 aliphatic heterocycles. The Morgan fingerprint density at radius 1 is 0.889 bits per heavy atom. The summed E-state index contributed by atoms with van der Waals surface area (Å²) in [6, 6.07) is 21.7. The lowest BCUT2D eigenvalue weighted by Gasteiger charge is -2.14. The average Bonchev–Trinajstić information content (AvgIpc) is 2.70. The van der Waals surface area contributed by atoms with Crippen LogP contribution in [0.2, 0.25) is 5.02 Å². The first kappa shape index (κ1) is 18.9. The van der Waals surface area contributed by atoms with Gasteiger partial charge < -0.3 is 5.32 Å². The topological polar surface area (TPSA) is 46.2 Å². The largest absolute Gasteiger partial charge is 0.326 e. The number of carbonyl (C=O) groups is 2. The van der Waals surface area contributed by atoms with E-state index in [9.17, 15) is 9.59 Å². The Morgan fingerprint density at radius 3 is 2.30 bits per heavy atom. The van der Waals surface area contributed by atoms with E-state index in [4.69, 9.17) is 11.6 Å². The molecule has 0 unspecified atom stereocenters. The number of hydrogen-bond donors (Lipinski definition) is 1. The van der Waals surface area contributed by atoms with E-state index >= 15 is 0 Å². The molecule has 3 aromatic carbocycles. The van der Waals surface area contributed by atoms with Gasteiger partial charge in [-0.3, -0.25) is 9.59 Å². The summed E-state index contributed by atoms with van der Waals surface area (Å²) in [6.45, 7) is 3.73. The summed E-state index contributed by atoms with van der Waals surface area (Å²) in [5.41, 5.74) is 3.58. The third kappa shape index (κ3) is 4.44. The zero-order valence-electron chi connectivity index (χ0n) is 15.2. The van der Waals surface area contributed by atoms with Gasteiger partial charge in [0, 0.05) is 21.8 Å². The lowest BCUT2D eigenvalue weighted by Crippen LogP contribution is -2.19. The Kier molecular flexibility index (Phi) is 5.72. The molecule has 4 heteroatoms. The quantitative estimate of drug-likeness (QED) is 0.586. The Labute approximate surface area is 164 Å². The van der Waals surface area contributed by atoms with Crippen molar-refractivity contribution < 1.29 is 9.59 Å². The number of aryl methyl sites for hydroxylation is 1. The van der Waals surface area contributed by atoms with Gasteiger partial charge in [-0.2, -0.15) is 0 Å². The molecule has 0 spiro atoms. The molecule has 0 fully saturated rings. The predicted molar refractivity (Wildman–Crippen MR) is 110 cm³/mol. The number of carbonyl (C=O) groups excluding carboxylic acids is 2.